The molecule has 6 heteroatoms. The summed E-state index contributed by atoms with van der Waals surface area (Å²) in [5, 5.41) is 2.89. The molecule has 0 fully saturated rings. The minimum atomic E-state index is -0.278. The van der Waals surface area contributed by atoms with Crippen LogP contribution in [0.3, 0.4) is 0 Å². The van der Waals surface area contributed by atoms with Gasteiger partial charge in [0.15, 0.2) is 10.6 Å². The van der Waals surface area contributed by atoms with Crippen LogP contribution in [0, 0.1) is 0 Å². The molecule has 23 heavy (non-hydrogen) atoms. The van der Waals surface area contributed by atoms with E-state index >= 15 is 0 Å². The van der Waals surface area contributed by atoms with Crippen molar-refractivity contribution in [2.75, 3.05) is 5.75 Å². The quantitative estimate of drug-likeness (QED) is 0.730. The molecule has 0 unspecified atom stereocenters. The molecule has 3 aromatic rings. The van der Waals surface area contributed by atoms with Crippen molar-refractivity contribution in [2.24, 2.45) is 0 Å². The van der Waals surface area contributed by atoms with Gasteiger partial charge < -0.3 is 10.1 Å². The molecular weight excluding hydrogens is 328 g/mol. The Balaban J connectivity index is 1.37. The van der Waals surface area contributed by atoms with Gasteiger partial charge in [-0.25, -0.2) is 4.98 Å². The summed E-state index contributed by atoms with van der Waals surface area (Å²) < 4.78 is 8.09. The second-order valence-electron chi connectivity index (χ2n) is 5.16. The van der Waals surface area contributed by atoms with E-state index in [0.717, 1.165) is 22.0 Å². The summed E-state index contributed by atoms with van der Waals surface area (Å²) >= 11 is 3.40. The van der Waals surface area contributed by atoms with E-state index in [1.165, 1.54) is 4.70 Å². The number of ether oxygens (including phenoxy) is 1. The third-order valence-electron chi connectivity index (χ3n) is 3.57. The van der Waals surface area contributed by atoms with Crippen LogP contribution in [-0.2, 0) is 0 Å². The Morgan fingerprint density at radius 2 is 2.00 bits per heavy atom. The summed E-state index contributed by atoms with van der Waals surface area (Å²) in [6, 6.07) is 15.5. The van der Waals surface area contributed by atoms with E-state index in [4.69, 9.17) is 4.74 Å². The van der Waals surface area contributed by atoms with E-state index in [1.54, 1.807) is 29.2 Å². The zero-order valence-corrected chi connectivity index (χ0v) is 13.8. The smallest absolute Gasteiger partial charge is 0.257 e. The average molecular weight is 342 g/mol. The number of carbonyl (C=O) groups is 1. The third-order valence-corrected chi connectivity index (χ3v) is 5.79. The highest BCUT2D eigenvalue weighted by Crippen LogP contribution is 2.30. The number of thiazole rings is 1. The van der Waals surface area contributed by atoms with Crippen molar-refractivity contribution in [1.82, 2.24) is 10.3 Å². The Kier molecular flexibility index (Phi) is 3.93. The van der Waals surface area contributed by atoms with Crippen LogP contribution in [0.4, 0.5) is 0 Å². The molecule has 1 atom stereocenters. The molecule has 1 aromatic heterocycles. The molecule has 4 rings (SSSR count). The Hall–Kier alpha value is -2.05. The van der Waals surface area contributed by atoms with Crippen molar-refractivity contribution in [1.29, 1.82) is 0 Å². The van der Waals surface area contributed by atoms with E-state index in [-0.39, 0.29) is 12.1 Å². The number of amides is 1. The number of thioether (sulfide) groups is 1. The van der Waals surface area contributed by atoms with Crippen molar-refractivity contribution in [3.8, 4) is 5.75 Å². The third kappa shape index (κ3) is 3.04. The lowest BCUT2D eigenvalue weighted by atomic mass is 10.1. The molecule has 1 aliphatic rings. The molecule has 0 saturated heterocycles. The van der Waals surface area contributed by atoms with Gasteiger partial charge in [0.2, 0.25) is 0 Å². The summed E-state index contributed by atoms with van der Waals surface area (Å²) in [6.45, 7) is 0. The average Bonchev–Trinajstić information content (AvgIpc) is 2.98. The Morgan fingerprint density at radius 1 is 1.17 bits per heavy atom. The Bertz CT molecular complexity index is 829. The molecule has 4 nitrogen and oxygen atoms in total. The summed E-state index contributed by atoms with van der Waals surface area (Å²) in [5.41, 5.74) is 1.64. The predicted octanol–water partition coefficient (Wildman–Crippen LogP) is 3.93. The maximum Gasteiger partial charge on any atom is 0.257 e. The normalized spacial score (nSPS) is 16.7. The highest BCUT2D eigenvalue weighted by molar-refractivity contribution is 8.01. The zero-order chi connectivity index (χ0) is 15.6. The monoisotopic (exact) mass is 342 g/mol. The lowest BCUT2D eigenvalue weighted by Crippen LogP contribution is -2.43. The zero-order valence-electron chi connectivity index (χ0n) is 12.2. The first kappa shape index (κ1) is 14.5. The van der Waals surface area contributed by atoms with Gasteiger partial charge in [-0.15, -0.1) is 11.3 Å². The van der Waals surface area contributed by atoms with Crippen LogP contribution in [-0.4, -0.2) is 22.9 Å². The number of hydrogen-bond acceptors (Lipinski definition) is 5. The number of rotatable bonds is 4. The number of nitrogens with one attached hydrogen (secondary N) is 1. The number of benzene rings is 2. The van der Waals surface area contributed by atoms with E-state index in [1.807, 2.05) is 36.4 Å². The fourth-order valence-electron chi connectivity index (χ4n) is 2.46. The van der Waals surface area contributed by atoms with Crippen molar-refractivity contribution < 1.29 is 9.53 Å². The molecule has 0 spiro atoms. The lowest BCUT2D eigenvalue weighted by molar-refractivity contribution is 0.0752. The first-order valence-electron chi connectivity index (χ1n) is 7.34. The topological polar surface area (TPSA) is 51.2 Å². The number of aromatic nitrogens is 1. The number of nitrogens with zero attached hydrogens (tertiary/aromatic N) is 1. The molecule has 1 amide bonds. The lowest BCUT2D eigenvalue weighted by Gasteiger charge is -2.26. The molecular formula is C17H14N2O2S2. The molecule has 2 heterocycles. The molecule has 0 aliphatic carbocycles. The molecule has 1 aliphatic heterocycles. The van der Waals surface area contributed by atoms with Crippen molar-refractivity contribution in [3.63, 3.8) is 0 Å². The summed E-state index contributed by atoms with van der Waals surface area (Å²) in [4.78, 5) is 16.6. The highest BCUT2D eigenvalue weighted by atomic mass is 32.2. The van der Waals surface area contributed by atoms with Gasteiger partial charge in [0, 0.05) is 12.2 Å². The molecule has 2 aromatic carbocycles. The maximum absolute atomic E-state index is 12.0. The van der Waals surface area contributed by atoms with Crippen molar-refractivity contribution in [3.05, 3.63) is 54.1 Å². The molecule has 1 N–H and O–H groups in total. The molecule has 0 bridgehead atoms. The minimum absolute atomic E-state index is 0.0677. The van der Waals surface area contributed by atoms with E-state index < -0.39 is 0 Å². The first-order chi connectivity index (χ1) is 11.3. The van der Waals surface area contributed by atoms with Crippen LogP contribution in [0.5, 0.6) is 5.75 Å². The van der Waals surface area contributed by atoms with E-state index in [2.05, 4.69) is 16.4 Å². The Labute approximate surface area is 141 Å². The van der Waals surface area contributed by atoms with Gasteiger partial charge in [-0.1, -0.05) is 36.0 Å². The van der Waals surface area contributed by atoms with Gasteiger partial charge in [-0.2, -0.15) is 0 Å². The fraction of sp³-hybridized carbons (Fsp3) is 0.176. The van der Waals surface area contributed by atoms with Crippen LogP contribution in [0.15, 0.2) is 52.9 Å². The second-order valence-corrected chi connectivity index (χ2v) is 7.53. The number of para-hydroxylation sites is 2. The second kappa shape index (κ2) is 6.22. The van der Waals surface area contributed by atoms with Crippen LogP contribution >= 0.6 is 23.1 Å². The summed E-state index contributed by atoms with van der Waals surface area (Å²) in [6.07, 6.45) is 0.458. The number of fused-ring (bicyclic) bond motifs is 2. The Morgan fingerprint density at radius 3 is 2.91 bits per heavy atom. The predicted molar refractivity (Wildman–Crippen MR) is 93.3 cm³/mol. The minimum Gasteiger partial charge on any atom is -0.470 e. The van der Waals surface area contributed by atoms with Crippen LogP contribution in [0.25, 0.3) is 10.2 Å². The van der Waals surface area contributed by atoms with Gasteiger partial charge in [-0.3, -0.25) is 4.79 Å². The van der Waals surface area contributed by atoms with Gasteiger partial charge >= 0.3 is 0 Å². The molecule has 0 saturated carbocycles. The van der Waals surface area contributed by atoms with Crippen molar-refractivity contribution >= 4 is 39.2 Å². The fourth-order valence-corrected chi connectivity index (χ4v) is 4.58. The standard InChI is InChI=1S/C17H14N2O2S2/c20-16-11-5-1-3-7-13(11)21-15(19-16)9-10-22-17-18-12-6-2-4-8-14(12)23-17/h1-8,15H,9-10H2,(H,19,20)/t15-/m0/s1. The first-order valence-corrected chi connectivity index (χ1v) is 9.15. The van der Waals surface area contributed by atoms with Crippen LogP contribution < -0.4 is 10.1 Å². The SMILES string of the molecule is O=C1N[C@H](CCSc2nc3ccccc3s2)Oc2ccccc21. The largest absolute Gasteiger partial charge is 0.470 e. The van der Waals surface area contributed by atoms with E-state index in [0.29, 0.717) is 11.3 Å². The maximum atomic E-state index is 12.0. The van der Waals surface area contributed by atoms with E-state index in [9.17, 15) is 4.79 Å². The molecule has 116 valence electrons. The van der Waals surface area contributed by atoms with Crippen LogP contribution in [0.1, 0.15) is 16.8 Å². The van der Waals surface area contributed by atoms with Gasteiger partial charge in [-0.05, 0) is 24.3 Å². The van der Waals surface area contributed by atoms with Gasteiger partial charge in [0.1, 0.15) is 5.75 Å². The highest BCUT2D eigenvalue weighted by Gasteiger charge is 2.24. The van der Waals surface area contributed by atoms with Gasteiger partial charge in [0.25, 0.3) is 5.91 Å². The number of carbonyl (C=O) groups excluding carboxylic acids is 1. The number of hydrogen-bond donors (Lipinski definition) is 1. The van der Waals surface area contributed by atoms with Crippen LogP contribution in [0.2, 0.25) is 0 Å². The van der Waals surface area contributed by atoms with Gasteiger partial charge in [0.05, 0.1) is 15.8 Å². The molecule has 0 radical (unpaired) electrons. The summed E-state index contributed by atoms with van der Waals surface area (Å²) in [7, 11) is 0. The van der Waals surface area contributed by atoms with Crippen molar-refractivity contribution in [2.45, 2.75) is 17.0 Å². The summed E-state index contributed by atoms with van der Waals surface area (Å²) in [5.74, 6) is 1.43.